The van der Waals surface area contributed by atoms with Gasteiger partial charge in [0.15, 0.2) is 0 Å². The average molecular weight is 423 g/mol. The fraction of sp³-hybridized carbons (Fsp3) is 0.536. The van der Waals surface area contributed by atoms with E-state index in [1.54, 1.807) is 6.07 Å². The van der Waals surface area contributed by atoms with Crippen molar-refractivity contribution in [2.24, 2.45) is 0 Å². The molecule has 2 aromatic carbocycles. The summed E-state index contributed by atoms with van der Waals surface area (Å²) in [5.74, 6) is 0.428. The topological polar surface area (TPSA) is 27.0 Å². The van der Waals surface area contributed by atoms with Gasteiger partial charge in [0.2, 0.25) is 0 Å². The molecule has 1 saturated carbocycles. The molecule has 3 rings (SSSR count). The Labute approximate surface area is 189 Å². The highest BCUT2D eigenvalue weighted by Crippen LogP contribution is 2.36. The van der Waals surface area contributed by atoms with Gasteiger partial charge in [0.1, 0.15) is 6.17 Å². The van der Waals surface area contributed by atoms with Crippen LogP contribution in [0.5, 0.6) is 0 Å². The lowest BCUT2D eigenvalue weighted by Gasteiger charge is -2.33. The zero-order valence-corrected chi connectivity index (χ0v) is 19.7. The predicted octanol–water partition coefficient (Wildman–Crippen LogP) is 7.10. The molecule has 1 aliphatic carbocycles. The van der Waals surface area contributed by atoms with E-state index in [4.69, 9.17) is 5.26 Å². The first-order chi connectivity index (χ1) is 14.9. The normalized spacial score (nSPS) is 19.0. The van der Waals surface area contributed by atoms with Gasteiger partial charge < -0.3 is 0 Å². The summed E-state index contributed by atoms with van der Waals surface area (Å²) in [6, 6.07) is 22.6. The molecule has 0 aliphatic heterocycles. The maximum Gasteiger partial charge on any atom is 0.101 e. The molecule has 0 saturated heterocycles. The van der Waals surface area contributed by atoms with Crippen LogP contribution in [0.4, 0.5) is 4.39 Å². The molecule has 3 unspecified atom stereocenters. The Bertz CT molecular complexity index is 779. The molecule has 3 heteroatoms. The Morgan fingerprint density at radius 2 is 1.58 bits per heavy atom. The fourth-order valence-corrected chi connectivity index (χ4v) is 4.62. The van der Waals surface area contributed by atoms with Crippen LogP contribution in [0.2, 0.25) is 0 Å². The maximum atomic E-state index is 13.5. The number of nitrogens with zero attached hydrogens (tertiary/aromatic N) is 2. The van der Waals surface area contributed by atoms with Crippen LogP contribution in [0.15, 0.2) is 54.6 Å². The van der Waals surface area contributed by atoms with Gasteiger partial charge in [0.05, 0.1) is 6.07 Å². The number of benzene rings is 2. The molecule has 168 valence electrons. The van der Waals surface area contributed by atoms with Gasteiger partial charge in [-0.3, -0.25) is 4.90 Å². The summed E-state index contributed by atoms with van der Waals surface area (Å²) in [7, 11) is 0. The van der Waals surface area contributed by atoms with E-state index < -0.39 is 6.17 Å². The lowest BCUT2D eigenvalue weighted by Crippen LogP contribution is -2.40. The van der Waals surface area contributed by atoms with Gasteiger partial charge in [-0.1, -0.05) is 54.6 Å². The van der Waals surface area contributed by atoms with Crippen molar-refractivity contribution >= 4 is 0 Å². The lowest BCUT2D eigenvalue weighted by atomic mass is 9.95. The third kappa shape index (κ3) is 8.46. The van der Waals surface area contributed by atoms with Gasteiger partial charge in [-0.15, -0.1) is 0 Å². The summed E-state index contributed by atoms with van der Waals surface area (Å²) in [5, 5.41) is 7.32. The van der Waals surface area contributed by atoms with Crippen molar-refractivity contribution in [2.75, 3.05) is 6.54 Å². The Morgan fingerprint density at radius 1 is 0.968 bits per heavy atom. The maximum absolute atomic E-state index is 13.5. The van der Waals surface area contributed by atoms with Crippen LogP contribution in [-0.2, 0) is 12.8 Å². The number of hydrogen-bond donors (Lipinski definition) is 0. The van der Waals surface area contributed by atoms with E-state index in [0.29, 0.717) is 24.4 Å². The highest BCUT2D eigenvalue weighted by Gasteiger charge is 2.25. The monoisotopic (exact) mass is 422 g/mol. The molecule has 2 aromatic rings. The van der Waals surface area contributed by atoms with Gasteiger partial charge in [0, 0.05) is 25.6 Å². The summed E-state index contributed by atoms with van der Waals surface area (Å²) < 4.78 is 13.5. The number of aryl methyl sites for hydroxylation is 1. The molecule has 0 heterocycles. The first kappa shape index (κ1) is 25.1. The van der Waals surface area contributed by atoms with E-state index in [1.807, 2.05) is 0 Å². The third-order valence-electron chi connectivity index (χ3n) is 6.40. The minimum atomic E-state index is -0.594. The first-order valence-electron chi connectivity index (χ1n) is 11.8. The van der Waals surface area contributed by atoms with E-state index in [1.165, 1.54) is 30.0 Å². The second-order valence-corrected chi connectivity index (χ2v) is 9.03. The number of nitriles is 1. The zero-order valence-electron chi connectivity index (χ0n) is 19.7. The molecule has 0 radical (unpaired) electrons. The van der Waals surface area contributed by atoms with Crippen molar-refractivity contribution < 1.29 is 4.39 Å². The van der Waals surface area contributed by atoms with E-state index >= 15 is 0 Å². The molecular weight excluding hydrogens is 383 g/mol. The quantitative estimate of drug-likeness (QED) is 0.431. The van der Waals surface area contributed by atoms with Gasteiger partial charge in [-0.05, 0) is 81.9 Å². The zero-order chi connectivity index (χ0) is 22.6. The summed E-state index contributed by atoms with van der Waals surface area (Å²) in [6.45, 7) is 9.50. The molecule has 0 spiro atoms. The molecule has 0 N–H and O–H groups in total. The second-order valence-electron chi connectivity index (χ2n) is 9.03. The van der Waals surface area contributed by atoms with E-state index in [-0.39, 0.29) is 0 Å². The third-order valence-corrected chi connectivity index (χ3v) is 6.40. The fourth-order valence-electron chi connectivity index (χ4n) is 4.62. The Morgan fingerprint density at radius 3 is 2.13 bits per heavy atom. The first-order valence-corrected chi connectivity index (χ1v) is 11.8. The number of hydrogen-bond acceptors (Lipinski definition) is 2. The minimum absolute atomic E-state index is 0.428. The van der Waals surface area contributed by atoms with Crippen LogP contribution >= 0.6 is 0 Å². The molecule has 0 aromatic heterocycles. The molecule has 1 fully saturated rings. The SMILES string of the molecule is CC#N.CC(C)N(CCc1ccccc1)C(C)CCc1ccc(C2CCC(F)C2)cc1. The minimum Gasteiger partial charge on any atom is -0.298 e. The Balaban J connectivity index is 0.00000107. The van der Waals surface area contributed by atoms with Crippen molar-refractivity contribution in [3.8, 4) is 6.07 Å². The van der Waals surface area contributed by atoms with E-state index in [9.17, 15) is 4.39 Å². The van der Waals surface area contributed by atoms with Crippen LogP contribution in [-0.4, -0.2) is 29.7 Å². The predicted molar refractivity (Wildman–Crippen MR) is 129 cm³/mol. The highest BCUT2D eigenvalue weighted by molar-refractivity contribution is 5.26. The van der Waals surface area contributed by atoms with Crippen LogP contribution in [0, 0.1) is 11.3 Å². The van der Waals surface area contributed by atoms with Crippen molar-refractivity contribution in [3.63, 3.8) is 0 Å². The summed E-state index contributed by atoms with van der Waals surface area (Å²) in [6.07, 6.45) is 5.23. The van der Waals surface area contributed by atoms with Crippen molar-refractivity contribution in [1.82, 2.24) is 4.90 Å². The van der Waals surface area contributed by atoms with Gasteiger partial charge in [-0.2, -0.15) is 5.26 Å². The summed E-state index contributed by atoms with van der Waals surface area (Å²) in [5.41, 5.74) is 4.14. The van der Waals surface area contributed by atoms with Crippen molar-refractivity contribution in [2.45, 2.75) is 90.4 Å². The van der Waals surface area contributed by atoms with Gasteiger partial charge in [0.25, 0.3) is 0 Å². The Hall–Kier alpha value is -2.18. The van der Waals surface area contributed by atoms with Crippen LogP contribution in [0.25, 0.3) is 0 Å². The van der Waals surface area contributed by atoms with Gasteiger partial charge in [-0.25, -0.2) is 4.39 Å². The van der Waals surface area contributed by atoms with Crippen LogP contribution < -0.4 is 0 Å². The van der Waals surface area contributed by atoms with Crippen molar-refractivity contribution in [1.29, 1.82) is 5.26 Å². The lowest BCUT2D eigenvalue weighted by molar-refractivity contribution is 0.158. The number of alkyl halides is 1. The number of rotatable bonds is 9. The van der Waals surface area contributed by atoms with E-state index in [0.717, 1.165) is 32.2 Å². The number of halogens is 1. The summed E-state index contributed by atoms with van der Waals surface area (Å²) in [4.78, 5) is 2.63. The summed E-state index contributed by atoms with van der Waals surface area (Å²) >= 11 is 0. The molecular formula is C28H39FN2. The standard InChI is InChI=1S/C26H36FN.C2H3N/c1-20(2)28(18-17-22-7-5-4-6-8-22)21(3)9-10-23-11-13-24(14-12-23)25-15-16-26(27)19-25;1-2-3/h4-8,11-14,20-21,25-26H,9-10,15-19H2,1-3H3;1H3. The molecule has 1 aliphatic rings. The molecule has 0 amide bonds. The smallest absolute Gasteiger partial charge is 0.101 e. The van der Waals surface area contributed by atoms with Crippen LogP contribution in [0.1, 0.15) is 76.0 Å². The molecule has 31 heavy (non-hydrogen) atoms. The van der Waals surface area contributed by atoms with Crippen LogP contribution in [0.3, 0.4) is 0 Å². The average Bonchev–Trinajstić information content (AvgIpc) is 3.20. The van der Waals surface area contributed by atoms with Crippen molar-refractivity contribution in [3.05, 3.63) is 71.3 Å². The largest absolute Gasteiger partial charge is 0.298 e. The second kappa shape index (κ2) is 13.3. The molecule has 3 atom stereocenters. The van der Waals surface area contributed by atoms with Gasteiger partial charge >= 0.3 is 0 Å². The molecule has 0 bridgehead atoms. The Kier molecular flexibility index (Phi) is 10.7. The highest BCUT2D eigenvalue weighted by atomic mass is 19.1. The molecule has 2 nitrogen and oxygen atoms in total. The van der Waals surface area contributed by atoms with E-state index in [2.05, 4.69) is 80.3 Å².